The molecule has 3 aromatic rings. The smallest absolute Gasteiger partial charge is 0.254 e. The number of nitrogens with zero attached hydrogens (tertiary/aromatic N) is 4. The molecule has 26 heavy (non-hydrogen) atoms. The average Bonchev–Trinajstić information content (AvgIpc) is 3.15. The molecular formula is C20H24N4O2. The van der Waals surface area contributed by atoms with Crippen LogP contribution in [0.4, 0.5) is 0 Å². The Labute approximate surface area is 153 Å². The van der Waals surface area contributed by atoms with Crippen LogP contribution < -0.4 is 4.74 Å². The number of fused-ring (bicyclic) bond motifs is 1. The van der Waals surface area contributed by atoms with Crippen LogP contribution in [-0.2, 0) is 0 Å². The first-order valence-electron chi connectivity index (χ1n) is 8.73. The molecule has 0 saturated heterocycles. The quantitative estimate of drug-likeness (QED) is 0.701. The summed E-state index contributed by atoms with van der Waals surface area (Å²) in [6, 6.07) is 7.71. The second kappa shape index (κ2) is 7.15. The predicted octanol–water partition coefficient (Wildman–Crippen LogP) is 3.78. The van der Waals surface area contributed by atoms with E-state index in [4.69, 9.17) is 9.72 Å². The average molecular weight is 352 g/mol. The molecule has 0 fully saturated rings. The molecule has 0 aliphatic rings. The number of aromatic nitrogens is 3. The van der Waals surface area contributed by atoms with Gasteiger partial charge in [-0.15, -0.1) is 0 Å². The first-order valence-corrected chi connectivity index (χ1v) is 8.73. The number of hydrogen-bond acceptors (Lipinski definition) is 4. The van der Waals surface area contributed by atoms with Crippen molar-refractivity contribution in [2.45, 2.75) is 26.8 Å². The summed E-state index contributed by atoms with van der Waals surface area (Å²) in [5.74, 6) is 0.685. The molecule has 6 nitrogen and oxygen atoms in total. The molecule has 0 spiro atoms. The van der Waals surface area contributed by atoms with Crippen molar-refractivity contribution in [3.63, 3.8) is 0 Å². The third-order valence-corrected chi connectivity index (χ3v) is 4.49. The number of carbonyl (C=O) groups excluding carboxylic acids is 1. The molecule has 0 saturated carbocycles. The van der Waals surface area contributed by atoms with Gasteiger partial charge in [-0.05, 0) is 39.0 Å². The largest absolute Gasteiger partial charge is 0.497 e. The van der Waals surface area contributed by atoms with E-state index in [9.17, 15) is 4.79 Å². The lowest BCUT2D eigenvalue weighted by molar-refractivity contribution is 0.0804. The fourth-order valence-corrected chi connectivity index (χ4v) is 2.76. The SMILES string of the molecule is CCN(C)C(=O)c1cc(-c2cnn(C(C)C)c2)nc2cc(OC)ccc12. The Kier molecular flexibility index (Phi) is 4.93. The minimum Gasteiger partial charge on any atom is -0.497 e. The maximum atomic E-state index is 12.9. The van der Waals surface area contributed by atoms with Crippen molar-refractivity contribution < 1.29 is 9.53 Å². The normalized spacial score (nSPS) is 11.2. The molecule has 3 rings (SSSR count). The van der Waals surface area contributed by atoms with Crippen molar-refractivity contribution in [2.24, 2.45) is 0 Å². The van der Waals surface area contributed by atoms with Gasteiger partial charge in [0, 0.05) is 42.8 Å². The van der Waals surface area contributed by atoms with Crippen LogP contribution >= 0.6 is 0 Å². The second-order valence-electron chi connectivity index (χ2n) is 6.56. The summed E-state index contributed by atoms with van der Waals surface area (Å²) in [6.07, 6.45) is 3.74. The molecule has 0 atom stereocenters. The fraction of sp³-hybridized carbons (Fsp3) is 0.350. The lowest BCUT2D eigenvalue weighted by Crippen LogP contribution is -2.26. The van der Waals surface area contributed by atoms with Crippen molar-refractivity contribution in [3.8, 4) is 17.0 Å². The fourth-order valence-electron chi connectivity index (χ4n) is 2.76. The lowest BCUT2D eigenvalue weighted by atomic mass is 10.0. The molecule has 0 aliphatic carbocycles. The Morgan fingerprint density at radius 3 is 2.69 bits per heavy atom. The molecule has 0 N–H and O–H groups in total. The summed E-state index contributed by atoms with van der Waals surface area (Å²) in [4.78, 5) is 19.3. The van der Waals surface area contributed by atoms with Gasteiger partial charge in [-0.2, -0.15) is 5.10 Å². The molecule has 0 unspecified atom stereocenters. The molecule has 6 heteroatoms. The summed E-state index contributed by atoms with van der Waals surface area (Å²) in [6.45, 7) is 6.73. The van der Waals surface area contributed by atoms with Crippen molar-refractivity contribution in [1.29, 1.82) is 0 Å². The van der Waals surface area contributed by atoms with Crippen LogP contribution in [0, 0.1) is 0 Å². The summed E-state index contributed by atoms with van der Waals surface area (Å²) < 4.78 is 7.20. The number of methoxy groups -OCH3 is 1. The molecule has 1 aromatic carbocycles. The van der Waals surface area contributed by atoms with Gasteiger partial charge >= 0.3 is 0 Å². The van der Waals surface area contributed by atoms with Gasteiger partial charge in [-0.25, -0.2) is 4.98 Å². The number of hydrogen-bond donors (Lipinski definition) is 0. The number of pyridine rings is 1. The molecule has 1 amide bonds. The highest BCUT2D eigenvalue weighted by Gasteiger charge is 2.18. The van der Waals surface area contributed by atoms with E-state index in [1.807, 2.05) is 42.1 Å². The summed E-state index contributed by atoms with van der Waals surface area (Å²) in [5.41, 5.74) is 2.98. The van der Waals surface area contributed by atoms with E-state index in [-0.39, 0.29) is 11.9 Å². The molecular weight excluding hydrogens is 328 g/mol. The topological polar surface area (TPSA) is 60.2 Å². The van der Waals surface area contributed by atoms with Crippen molar-refractivity contribution in [1.82, 2.24) is 19.7 Å². The number of amides is 1. The van der Waals surface area contributed by atoms with E-state index < -0.39 is 0 Å². The van der Waals surface area contributed by atoms with Gasteiger partial charge in [0.25, 0.3) is 5.91 Å². The highest BCUT2D eigenvalue weighted by molar-refractivity contribution is 6.07. The Morgan fingerprint density at radius 1 is 1.31 bits per heavy atom. The zero-order valence-corrected chi connectivity index (χ0v) is 15.9. The third-order valence-electron chi connectivity index (χ3n) is 4.49. The van der Waals surface area contributed by atoms with Gasteiger partial charge < -0.3 is 9.64 Å². The van der Waals surface area contributed by atoms with Crippen LogP contribution in [0.25, 0.3) is 22.2 Å². The lowest BCUT2D eigenvalue weighted by Gasteiger charge is -2.17. The molecule has 2 aromatic heterocycles. The monoisotopic (exact) mass is 352 g/mol. The molecule has 136 valence electrons. The van der Waals surface area contributed by atoms with Gasteiger partial charge in [0.2, 0.25) is 0 Å². The predicted molar refractivity (Wildman–Crippen MR) is 103 cm³/mol. The van der Waals surface area contributed by atoms with Gasteiger partial charge in [0.15, 0.2) is 0 Å². The first kappa shape index (κ1) is 17.9. The van der Waals surface area contributed by atoms with Crippen molar-refractivity contribution in [2.75, 3.05) is 20.7 Å². The standard InChI is InChI=1S/C20H24N4O2/c1-6-23(4)20(25)17-10-18(14-11-21-24(12-14)13(2)3)22-19-9-15(26-5)7-8-16(17)19/h7-13H,6H2,1-5H3. The zero-order chi connectivity index (χ0) is 18.8. The van der Waals surface area contributed by atoms with E-state index in [1.165, 1.54) is 0 Å². The van der Waals surface area contributed by atoms with Crippen LogP contribution in [0.3, 0.4) is 0 Å². The molecule has 0 aliphatic heterocycles. The molecule has 2 heterocycles. The Hall–Kier alpha value is -2.89. The summed E-state index contributed by atoms with van der Waals surface area (Å²) >= 11 is 0. The van der Waals surface area contributed by atoms with Crippen molar-refractivity contribution >= 4 is 16.8 Å². The maximum absolute atomic E-state index is 12.9. The summed E-state index contributed by atoms with van der Waals surface area (Å²) in [5, 5.41) is 5.20. The highest BCUT2D eigenvalue weighted by atomic mass is 16.5. The summed E-state index contributed by atoms with van der Waals surface area (Å²) in [7, 11) is 3.42. The van der Waals surface area contributed by atoms with E-state index in [0.717, 1.165) is 22.2 Å². The first-order chi connectivity index (χ1) is 12.4. The van der Waals surface area contributed by atoms with E-state index >= 15 is 0 Å². The maximum Gasteiger partial charge on any atom is 0.254 e. The Balaban J connectivity index is 2.21. The van der Waals surface area contributed by atoms with E-state index in [0.29, 0.717) is 17.9 Å². The van der Waals surface area contributed by atoms with Gasteiger partial charge in [0.1, 0.15) is 5.75 Å². The van der Waals surface area contributed by atoms with Crippen LogP contribution in [0.15, 0.2) is 36.7 Å². The number of rotatable bonds is 5. The van der Waals surface area contributed by atoms with Gasteiger partial charge in [-0.3, -0.25) is 9.48 Å². The molecule has 0 bridgehead atoms. The number of benzene rings is 1. The molecule has 0 radical (unpaired) electrons. The minimum absolute atomic E-state index is 0.0254. The Morgan fingerprint density at radius 2 is 2.08 bits per heavy atom. The highest BCUT2D eigenvalue weighted by Crippen LogP contribution is 2.28. The van der Waals surface area contributed by atoms with Gasteiger partial charge in [-0.1, -0.05) is 0 Å². The van der Waals surface area contributed by atoms with E-state index in [2.05, 4.69) is 18.9 Å². The van der Waals surface area contributed by atoms with Crippen LogP contribution in [0.1, 0.15) is 37.2 Å². The van der Waals surface area contributed by atoms with Crippen LogP contribution in [0.2, 0.25) is 0 Å². The number of ether oxygens (including phenoxy) is 1. The van der Waals surface area contributed by atoms with Crippen molar-refractivity contribution in [3.05, 3.63) is 42.2 Å². The number of carbonyl (C=O) groups is 1. The zero-order valence-electron chi connectivity index (χ0n) is 15.9. The third kappa shape index (κ3) is 3.27. The van der Waals surface area contributed by atoms with E-state index in [1.54, 1.807) is 25.3 Å². The second-order valence-corrected chi connectivity index (χ2v) is 6.56. The minimum atomic E-state index is -0.0254. The van der Waals surface area contributed by atoms with Crippen LogP contribution in [-0.4, -0.2) is 46.3 Å². The van der Waals surface area contributed by atoms with Crippen LogP contribution in [0.5, 0.6) is 5.75 Å². The Bertz CT molecular complexity index is 946. The van der Waals surface area contributed by atoms with Gasteiger partial charge in [0.05, 0.1) is 30.1 Å².